The predicted octanol–water partition coefficient (Wildman–Crippen LogP) is 2.00. The molecule has 0 spiro atoms. The van der Waals surface area contributed by atoms with E-state index in [-0.39, 0.29) is 11.4 Å². The summed E-state index contributed by atoms with van der Waals surface area (Å²) >= 11 is 0. The van der Waals surface area contributed by atoms with Crippen LogP contribution in [-0.4, -0.2) is 21.8 Å². The average molecular weight is 233 g/mol. The number of nitrogens with zero attached hydrogens (tertiary/aromatic N) is 3. The van der Waals surface area contributed by atoms with Crippen molar-refractivity contribution in [1.29, 1.82) is 0 Å². The molecule has 0 bridgehead atoms. The number of hydrogen-bond acceptors (Lipinski definition) is 4. The van der Waals surface area contributed by atoms with Gasteiger partial charge < -0.3 is 4.74 Å². The highest BCUT2D eigenvalue weighted by atomic mass is 16.6. The molecule has 6 heteroatoms. The van der Waals surface area contributed by atoms with Crippen molar-refractivity contribution in [3.8, 4) is 17.0 Å². The summed E-state index contributed by atoms with van der Waals surface area (Å²) in [4.78, 5) is 10.4. The molecule has 88 valence electrons. The summed E-state index contributed by atoms with van der Waals surface area (Å²) < 4.78 is 6.77. The third-order valence-electron chi connectivity index (χ3n) is 2.49. The number of rotatable bonds is 3. The minimum Gasteiger partial charge on any atom is -0.490 e. The van der Waals surface area contributed by atoms with Crippen LogP contribution in [0.1, 0.15) is 0 Å². The van der Waals surface area contributed by atoms with Crippen LogP contribution < -0.4 is 4.74 Å². The fourth-order valence-corrected chi connectivity index (χ4v) is 1.72. The molecule has 6 nitrogen and oxygen atoms in total. The van der Waals surface area contributed by atoms with Crippen LogP contribution in [0, 0.1) is 10.1 Å². The van der Waals surface area contributed by atoms with Crippen LogP contribution >= 0.6 is 0 Å². The SMILES string of the molecule is COc1c(-c2ccnn2C)cccc1[N+](=O)[O-]. The molecular weight excluding hydrogens is 222 g/mol. The van der Waals surface area contributed by atoms with Crippen LogP contribution in [0.2, 0.25) is 0 Å². The van der Waals surface area contributed by atoms with Gasteiger partial charge in [-0.15, -0.1) is 0 Å². The Labute approximate surface area is 97.6 Å². The van der Waals surface area contributed by atoms with Gasteiger partial charge in [0.2, 0.25) is 5.75 Å². The van der Waals surface area contributed by atoms with Gasteiger partial charge in [-0.25, -0.2) is 0 Å². The molecule has 0 radical (unpaired) electrons. The molecule has 1 aromatic heterocycles. The second-order valence-electron chi connectivity index (χ2n) is 3.46. The number of methoxy groups -OCH3 is 1. The first-order valence-corrected chi connectivity index (χ1v) is 4.95. The van der Waals surface area contributed by atoms with Crippen LogP contribution in [0.5, 0.6) is 5.75 Å². The number of nitro groups is 1. The lowest BCUT2D eigenvalue weighted by Gasteiger charge is -2.08. The first kappa shape index (κ1) is 11.1. The zero-order valence-electron chi connectivity index (χ0n) is 9.45. The van der Waals surface area contributed by atoms with E-state index in [4.69, 9.17) is 4.74 Å². The third kappa shape index (κ3) is 1.84. The van der Waals surface area contributed by atoms with E-state index in [1.807, 2.05) is 0 Å². The van der Waals surface area contributed by atoms with E-state index >= 15 is 0 Å². The second-order valence-corrected chi connectivity index (χ2v) is 3.46. The van der Waals surface area contributed by atoms with Crippen molar-refractivity contribution in [2.45, 2.75) is 0 Å². The molecule has 0 aliphatic carbocycles. The van der Waals surface area contributed by atoms with Crippen LogP contribution in [0.15, 0.2) is 30.5 Å². The van der Waals surface area contributed by atoms with Crippen LogP contribution in [0.25, 0.3) is 11.3 Å². The van der Waals surface area contributed by atoms with Crippen molar-refractivity contribution in [1.82, 2.24) is 9.78 Å². The highest BCUT2D eigenvalue weighted by Crippen LogP contribution is 2.36. The van der Waals surface area contributed by atoms with Gasteiger partial charge in [0, 0.05) is 24.9 Å². The standard InChI is InChI=1S/C11H11N3O3/c1-13-9(6-7-12-13)8-4-3-5-10(14(15)16)11(8)17-2/h3-7H,1-2H3. The molecule has 0 aliphatic rings. The van der Waals surface area contributed by atoms with Crippen molar-refractivity contribution in [2.24, 2.45) is 7.05 Å². The average Bonchev–Trinajstić information content (AvgIpc) is 2.74. The van der Waals surface area contributed by atoms with Gasteiger partial charge in [0.15, 0.2) is 0 Å². The van der Waals surface area contributed by atoms with Crippen molar-refractivity contribution in [3.63, 3.8) is 0 Å². The summed E-state index contributed by atoms with van der Waals surface area (Å²) in [6, 6.07) is 6.59. The van der Waals surface area contributed by atoms with E-state index in [9.17, 15) is 10.1 Å². The van der Waals surface area contributed by atoms with E-state index in [2.05, 4.69) is 5.10 Å². The Bertz CT molecular complexity index is 563. The van der Waals surface area contributed by atoms with Gasteiger partial charge in [0.05, 0.1) is 17.7 Å². The minimum absolute atomic E-state index is 0.0498. The molecule has 0 N–H and O–H groups in total. The van der Waals surface area contributed by atoms with E-state index in [0.717, 1.165) is 5.69 Å². The highest BCUT2D eigenvalue weighted by Gasteiger charge is 2.20. The molecule has 2 aromatic rings. The fraction of sp³-hybridized carbons (Fsp3) is 0.182. The van der Waals surface area contributed by atoms with Crippen molar-refractivity contribution < 1.29 is 9.66 Å². The van der Waals surface area contributed by atoms with Crippen molar-refractivity contribution >= 4 is 5.69 Å². The van der Waals surface area contributed by atoms with Gasteiger partial charge in [-0.2, -0.15) is 5.10 Å². The van der Waals surface area contributed by atoms with Gasteiger partial charge in [-0.3, -0.25) is 14.8 Å². The van der Waals surface area contributed by atoms with Crippen LogP contribution in [0.4, 0.5) is 5.69 Å². The van der Waals surface area contributed by atoms with Gasteiger partial charge >= 0.3 is 5.69 Å². The normalized spacial score (nSPS) is 10.2. The summed E-state index contributed by atoms with van der Waals surface area (Å²) in [5, 5.41) is 14.9. The van der Waals surface area contributed by atoms with E-state index in [1.165, 1.54) is 13.2 Å². The van der Waals surface area contributed by atoms with Gasteiger partial charge in [-0.1, -0.05) is 6.07 Å². The molecule has 0 amide bonds. The Hall–Kier alpha value is -2.37. The lowest BCUT2D eigenvalue weighted by Crippen LogP contribution is -1.99. The molecule has 0 aliphatic heterocycles. The molecule has 0 atom stereocenters. The van der Waals surface area contributed by atoms with E-state index in [0.29, 0.717) is 5.56 Å². The zero-order chi connectivity index (χ0) is 12.4. The summed E-state index contributed by atoms with van der Waals surface area (Å²) in [5.41, 5.74) is 1.37. The number of nitro benzene ring substituents is 1. The zero-order valence-corrected chi connectivity index (χ0v) is 9.45. The monoisotopic (exact) mass is 233 g/mol. The topological polar surface area (TPSA) is 70.2 Å². The Morgan fingerprint density at radius 2 is 2.18 bits per heavy atom. The largest absolute Gasteiger partial charge is 0.490 e. The van der Waals surface area contributed by atoms with Gasteiger partial charge in [-0.05, 0) is 12.1 Å². The molecule has 0 fully saturated rings. The first-order chi connectivity index (χ1) is 8.15. The summed E-state index contributed by atoms with van der Waals surface area (Å²) in [5.74, 6) is 0.251. The van der Waals surface area contributed by atoms with E-state index in [1.54, 1.807) is 36.1 Å². The number of benzene rings is 1. The Morgan fingerprint density at radius 1 is 1.41 bits per heavy atom. The van der Waals surface area contributed by atoms with Gasteiger partial charge in [0.25, 0.3) is 0 Å². The summed E-state index contributed by atoms with van der Waals surface area (Å²) in [6.07, 6.45) is 1.63. The summed E-state index contributed by atoms with van der Waals surface area (Å²) in [7, 11) is 3.19. The molecule has 1 aromatic carbocycles. The Balaban J connectivity index is 2.67. The predicted molar refractivity (Wildman–Crippen MR) is 61.9 cm³/mol. The van der Waals surface area contributed by atoms with Crippen molar-refractivity contribution in [2.75, 3.05) is 7.11 Å². The minimum atomic E-state index is -0.460. The number of para-hydroxylation sites is 1. The quantitative estimate of drug-likeness (QED) is 0.600. The Morgan fingerprint density at radius 3 is 2.71 bits per heavy atom. The molecule has 17 heavy (non-hydrogen) atoms. The highest BCUT2D eigenvalue weighted by molar-refractivity contribution is 5.73. The van der Waals surface area contributed by atoms with Crippen LogP contribution in [0.3, 0.4) is 0 Å². The molecular formula is C11H11N3O3. The molecule has 0 unspecified atom stereocenters. The van der Waals surface area contributed by atoms with E-state index < -0.39 is 4.92 Å². The van der Waals surface area contributed by atoms with Gasteiger partial charge in [0.1, 0.15) is 0 Å². The lowest BCUT2D eigenvalue weighted by atomic mass is 10.1. The Kier molecular flexibility index (Phi) is 2.78. The second kappa shape index (κ2) is 4.25. The number of ether oxygens (including phenoxy) is 1. The van der Waals surface area contributed by atoms with Crippen molar-refractivity contribution in [3.05, 3.63) is 40.6 Å². The number of aryl methyl sites for hydroxylation is 1. The maximum atomic E-state index is 10.9. The number of aromatic nitrogens is 2. The third-order valence-corrected chi connectivity index (χ3v) is 2.49. The molecule has 0 saturated carbocycles. The fourth-order valence-electron chi connectivity index (χ4n) is 1.72. The molecule has 0 saturated heterocycles. The smallest absolute Gasteiger partial charge is 0.311 e. The molecule has 2 rings (SSSR count). The number of hydrogen-bond donors (Lipinski definition) is 0. The summed E-state index contributed by atoms with van der Waals surface area (Å²) in [6.45, 7) is 0. The lowest BCUT2D eigenvalue weighted by molar-refractivity contribution is -0.385. The maximum absolute atomic E-state index is 10.9. The molecule has 1 heterocycles. The first-order valence-electron chi connectivity index (χ1n) is 4.95. The maximum Gasteiger partial charge on any atom is 0.311 e. The van der Waals surface area contributed by atoms with Crippen LogP contribution in [-0.2, 0) is 7.05 Å².